The zero-order chi connectivity index (χ0) is 26.4. The van der Waals surface area contributed by atoms with Gasteiger partial charge in [-0.15, -0.1) is 0 Å². The lowest BCUT2D eigenvalue weighted by molar-refractivity contribution is -0.122. The van der Waals surface area contributed by atoms with Gasteiger partial charge in [-0.05, 0) is 71.7 Å². The molecule has 1 aromatic heterocycles. The number of aromatic nitrogens is 1. The number of carbonyl (C=O) groups excluding carboxylic acids is 2. The van der Waals surface area contributed by atoms with Crippen LogP contribution in [0.5, 0.6) is 0 Å². The van der Waals surface area contributed by atoms with Gasteiger partial charge in [0.2, 0.25) is 0 Å². The highest BCUT2D eigenvalue weighted by Gasteiger charge is 2.35. The summed E-state index contributed by atoms with van der Waals surface area (Å²) >= 11 is 5.42. The first-order chi connectivity index (χ1) is 18.4. The van der Waals surface area contributed by atoms with Gasteiger partial charge >= 0.3 is 0 Å². The van der Waals surface area contributed by atoms with Crippen molar-refractivity contribution in [2.75, 3.05) is 4.90 Å². The molecule has 0 spiro atoms. The molecule has 0 bridgehead atoms. The van der Waals surface area contributed by atoms with Crippen molar-refractivity contribution in [1.29, 1.82) is 0 Å². The molecule has 2 heterocycles. The maximum absolute atomic E-state index is 13.7. The molecule has 6 heteroatoms. The third-order valence-corrected chi connectivity index (χ3v) is 7.33. The van der Waals surface area contributed by atoms with Crippen LogP contribution in [0.1, 0.15) is 22.3 Å². The number of benzene rings is 4. The van der Waals surface area contributed by atoms with Gasteiger partial charge in [0.1, 0.15) is 5.57 Å². The number of rotatable bonds is 4. The van der Waals surface area contributed by atoms with Crippen LogP contribution in [0.25, 0.3) is 27.8 Å². The van der Waals surface area contributed by atoms with Gasteiger partial charge in [-0.25, -0.2) is 0 Å². The summed E-state index contributed by atoms with van der Waals surface area (Å²) in [5, 5.41) is 6.16. The van der Waals surface area contributed by atoms with Gasteiger partial charge in [0.25, 0.3) is 11.8 Å². The third kappa shape index (κ3) is 4.09. The summed E-state index contributed by atoms with van der Waals surface area (Å²) in [5.41, 5.74) is 5.64. The van der Waals surface area contributed by atoms with E-state index in [0.29, 0.717) is 12.2 Å². The molecular weight excluding hydrogens is 490 g/mol. The van der Waals surface area contributed by atoms with Crippen LogP contribution in [-0.4, -0.2) is 21.5 Å². The first-order valence-electron chi connectivity index (χ1n) is 12.4. The monoisotopic (exact) mass is 515 g/mol. The van der Waals surface area contributed by atoms with Crippen LogP contribution in [0.4, 0.5) is 5.69 Å². The lowest BCUT2D eigenvalue weighted by atomic mass is 10.0. The average Bonchev–Trinajstić information content (AvgIpc) is 3.25. The molecule has 0 aliphatic carbocycles. The van der Waals surface area contributed by atoms with E-state index in [4.69, 9.17) is 12.2 Å². The van der Waals surface area contributed by atoms with E-state index in [9.17, 15) is 9.59 Å². The Bertz CT molecular complexity index is 1810. The molecule has 0 saturated carbocycles. The maximum Gasteiger partial charge on any atom is 0.270 e. The first-order valence-corrected chi connectivity index (χ1v) is 12.8. The molecule has 1 fully saturated rings. The Morgan fingerprint density at radius 2 is 1.61 bits per heavy atom. The summed E-state index contributed by atoms with van der Waals surface area (Å²) in [6, 6.07) is 28.5. The minimum Gasteiger partial charge on any atom is -0.342 e. The second-order valence-corrected chi connectivity index (χ2v) is 10.0. The minimum absolute atomic E-state index is 0.0487. The summed E-state index contributed by atoms with van der Waals surface area (Å²) in [6.45, 7) is 4.54. The van der Waals surface area contributed by atoms with Gasteiger partial charge in [-0.2, -0.15) is 0 Å². The topological polar surface area (TPSA) is 54.3 Å². The summed E-state index contributed by atoms with van der Waals surface area (Å²) in [5.74, 6) is -0.925. The van der Waals surface area contributed by atoms with E-state index in [1.165, 1.54) is 21.2 Å². The molecule has 1 aliphatic heterocycles. The van der Waals surface area contributed by atoms with Crippen LogP contribution in [0.15, 0.2) is 96.7 Å². The molecule has 5 aromatic rings. The molecule has 2 amide bonds. The number of thiocarbonyl (C=S) groups is 1. The van der Waals surface area contributed by atoms with Gasteiger partial charge in [-0.3, -0.25) is 19.8 Å². The Kier molecular flexibility index (Phi) is 5.89. The second kappa shape index (κ2) is 9.39. The smallest absolute Gasteiger partial charge is 0.270 e. The normalized spacial score (nSPS) is 15.1. The van der Waals surface area contributed by atoms with Crippen LogP contribution in [0.3, 0.4) is 0 Å². The van der Waals surface area contributed by atoms with Crippen molar-refractivity contribution in [1.82, 2.24) is 9.88 Å². The number of nitrogens with one attached hydrogen (secondary N) is 1. The molecule has 38 heavy (non-hydrogen) atoms. The fourth-order valence-electron chi connectivity index (χ4n) is 5.13. The first kappa shape index (κ1) is 23.8. The number of fused-ring (bicyclic) bond motifs is 2. The Morgan fingerprint density at radius 1 is 0.868 bits per heavy atom. The largest absolute Gasteiger partial charge is 0.342 e. The Balaban J connectivity index is 1.44. The van der Waals surface area contributed by atoms with E-state index in [-0.39, 0.29) is 10.7 Å². The molecule has 186 valence electrons. The zero-order valence-electron chi connectivity index (χ0n) is 21.1. The summed E-state index contributed by atoms with van der Waals surface area (Å²) in [6.07, 6.45) is 3.69. The lowest BCUT2D eigenvalue weighted by Crippen LogP contribution is -2.54. The third-order valence-electron chi connectivity index (χ3n) is 7.05. The minimum atomic E-state index is -0.493. The van der Waals surface area contributed by atoms with Crippen LogP contribution in [0.2, 0.25) is 0 Å². The summed E-state index contributed by atoms with van der Waals surface area (Å²) in [4.78, 5) is 28.1. The molecule has 1 saturated heterocycles. The highest BCUT2D eigenvalue weighted by molar-refractivity contribution is 7.80. The maximum atomic E-state index is 13.7. The molecule has 0 atom stereocenters. The van der Waals surface area contributed by atoms with E-state index in [1.54, 1.807) is 6.08 Å². The molecule has 4 aromatic carbocycles. The highest BCUT2D eigenvalue weighted by atomic mass is 32.1. The van der Waals surface area contributed by atoms with Crippen LogP contribution in [0, 0.1) is 13.8 Å². The average molecular weight is 516 g/mol. The van der Waals surface area contributed by atoms with E-state index in [2.05, 4.69) is 52.3 Å². The second-order valence-electron chi connectivity index (χ2n) is 9.62. The Morgan fingerprint density at radius 3 is 2.45 bits per heavy atom. The van der Waals surface area contributed by atoms with Gasteiger partial charge in [-0.1, -0.05) is 72.8 Å². The Labute approximate surface area is 226 Å². The predicted octanol–water partition coefficient (Wildman–Crippen LogP) is 6.29. The predicted molar refractivity (Wildman–Crippen MR) is 157 cm³/mol. The van der Waals surface area contributed by atoms with E-state index in [1.807, 2.05) is 62.5 Å². The number of anilines is 1. The van der Waals surface area contributed by atoms with Crippen molar-refractivity contribution in [3.05, 3.63) is 119 Å². The van der Waals surface area contributed by atoms with Crippen molar-refractivity contribution in [3.63, 3.8) is 0 Å². The highest BCUT2D eigenvalue weighted by Crippen LogP contribution is 2.30. The van der Waals surface area contributed by atoms with Crippen molar-refractivity contribution < 1.29 is 9.59 Å². The quantitative estimate of drug-likeness (QED) is 0.174. The van der Waals surface area contributed by atoms with Crippen molar-refractivity contribution in [2.24, 2.45) is 0 Å². The van der Waals surface area contributed by atoms with Gasteiger partial charge in [0.15, 0.2) is 5.11 Å². The van der Waals surface area contributed by atoms with Crippen molar-refractivity contribution in [2.45, 2.75) is 20.4 Å². The van der Waals surface area contributed by atoms with Crippen molar-refractivity contribution >= 4 is 62.6 Å². The molecule has 1 aliphatic rings. The molecule has 0 unspecified atom stereocenters. The number of para-hydroxylation sites is 1. The molecule has 0 radical (unpaired) electrons. The number of hydrogen-bond donors (Lipinski definition) is 1. The fraction of sp³-hybridized carbons (Fsp3) is 0.0938. The summed E-state index contributed by atoms with van der Waals surface area (Å²) in [7, 11) is 0. The molecule has 5 nitrogen and oxygen atoms in total. The lowest BCUT2D eigenvalue weighted by Gasteiger charge is -2.30. The molecule has 6 rings (SSSR count). The summed E-state index contributed by atoms with van der Waals surface area (Å²) < 4.78 is 2.17. The van der Waals surface area contributed by atoms with Gasteiger partial charge < -0.3 is 4.57 Å². The SMILES string of the molecule is Cc1ccc(C)c(N2C(=O)/C(=C/c3cn(Cc4cccc5ccccc45)c4ccccc34)C(=O)NC2=S)c1. The number of carbonyl (C=O) groups is 2. The van der Waals surface area contributed by atoms with Gasteiger partial charge in [0, 0.05) is 29.2 Å². The van der Waals surface area contributed by atoms with Crippen LogP contribution < -0.4 is 10.2 Å². The number of nitrogens with zero attached hydrogens (tertiary/aromatic N) is 2. The number of aryl methyl sites for hydroxylation is 2. The molecular formula is C32H25N3O2S. The molecule has 1 N–H and O–H groups in total. The Hall–Kier alpha value is -4.55. The fourth-order valence-corrected chi connectivity index (χ4v) is 5.40. The zero-order valence-corrected chi connectivity index (χ0v) is 21.9. The van der Waals surface area contributed by atoms with E-state index < -0.39 is 11.8 Å². The van der Waals surface area contributed by atoms with E-state index >= 15 is 0 Å². The number of hydrogen-bond acceptors (Lipinski definition) is 3. The standard InChI is InChI=1S/C32H25N3O2S/c1-20-14-15-21(2)29(16-20)35-31(37)27(30(36)33-32(35)38)17-24-19-34(28-13-6-5-12-26(24)28)18-23-10-7-9-22-8-3-4-11-25(22)23/h3-17,19H,18H2,1-2H3,(H,33,36,38)/b27-17+. The van der Waals surface area contributed by atoms with Crippen LogP contribution >= 0.6 is 12.2 Å². The van der Waals surface area contributed by atoms with E-state index in [0.717, 1.165) is 27.6 Å². The van der Waals surface area contributed by atoms with Crippen LogP contribution in [-0.2, 0) is 16.1 Å². The van der Waals surface area contributed by atoms with Gasteiger partial charge in [0.05, 0.1) is 5.69 Å². The number of amides is 2. The van der Waals surface area contributed by atoms with Crippen molar-refractivity contribution in [3.8, 4) is 0 Å².